The van der Waals surface area contributed by atoms with Crippen LogP contribution in [0.25, 0.3) is 0 Å². The van der Waals surface area contributed by atoms with Gasteiger partial charge in [-0.3, -0.25) is 4.90 Å². The number of hydrogen-bond donors (Lipinski definition) is 0. The van der Waals surface area contributed by atoms with Gasteiger partial charge in [-0.05, 0) is 49.9 Å². The molecule has 0 aromatic heterocycles. The highest BCUT2D eigenvalue weighted by atomic mass is 35.5. The van der Waals surface area contributed by atoms with Crippen LogP contribution in [-0.2, 0) is 12.8 Å². The minimum Gasteiger partial charge on any atom is -0.300 e. The lowest BCUT2D eigenvalue weighted by atomic mass is 10.1. The van der Waals surface area contributed by atoms with E-state index >= 15 is 0 Å². The van der Waals surface area contributed by atoms with Crippen molar-refractivity contribution < 1.29 is 0 Å². The molecular weight excluding hydrogens is 230 g/mol. The van der Waals surface area contributed by atoms with Crippen molar-refractivity contribution in [1.82, 2.24) is 4.90 Å². The summed E-state index contributed by atoms with van der Waals surface area (Å²) in [6.07, 6.45) is 5.06. The third-order valence-corrected chi connectivity index (χ3v) is 3.57. The molecule has 0 radical (unpaired) electrons. The molecule has 2 heteroatoms. The van der Waals surface area contributed by atoms with Gasteiger partial charge in [-0.25, -0.2) is 0 Å². The molecule has 96 valence electrons. The molecule has 0 saturated heterocycles. The van der Waals surface area contributed by atoms with Crippen molar-refractivity contribution in [3.8, 4) is 0 Å². The minimum atomic E-state index is 0. The molecule has 1 nitrogen and oxygen atoms in total. The van der Waals surface area contributed by atoms with E-state index < -0.39 is 0 Å². The topological polar surface area (TPSA) is 3.24 Å². The van der Waals surface area contributed by atoms with Gasteiger partial charge in [-0.15, -0.1) is 12.4 Å². The van der Waals surface area contributed by atoms with Crippen molar-refractivity contribution in [1.29, 1.82) is 0 Å². The zero-order chi connectivity index (χ0) is 11.4. The van der Waals surface area contributed by atoms with Crippen LogP contribution in [0.3, 0.4) is 0 Å². The van der Waals surface area contributed by atoms with Crippen molar-refractivity contribution in [2.45, 2.75) is 45.6 Å². The Morgan fingerprint density at radius 2 is 1.47 bits per heavy atom. The van der Waals surface area contributed by atoms with E-state index in [0.29, 0.717) is 0 Å². The average Bonchev–Trinajstić information content (AvgIpc) is 2.72. The van der Waals surface area contributed by atoms with Gasteiger partial charge in [0.2, 0.25) is 0 Å². The van der Waals surface area contributed by atoms with Crippen LogP contribution in [0, 0.1) is 0 Å². The molecule has 0 spiro atoms. The second kappa shape index (κ2) is 7.03. The summed E-state index contributed by atoms with van der Waals surface area (Å²) in [5.74, 6) is 0. The maximum Gasteiger partial charge on any atom is 0.0176 e. The van der Waals surface area contributed by atoms with E-state index in [1.165, 1.54) is 38.8 Å². The minimum absolute atomic E-state index is 0. The second-order valence-electron chi connectivity index (χ2n) is 4.87. The summed E-state index contributed by atoms with van der Waals surface area (Å²) in [4.78, 5) is 2.68. The largest absolute Gasteiger partial charge is 0.300 e. The van der Waals surface area contributed by atoms with Crippen LogP contribution < -0.4 is 0 Å². The first-order valence-electron chi connectivity index (χ1n) is 6.66. The first kappa shape index (κ1) is 14.5. The predicted molar refractivity (Wildman–Crippen MR) is 77.0 cm³/mol. The van der Waals surface area contributed by atoms with Gasteiger partial charge < -0.3 is 0 Å². The fourth-order valence-electron chi connectivity index (χ4n) is 2.85. The van der Waals surface area contributed by atoms with Crippen LogP contribution in [-0.4, -0.2) is 24.0 Å². The molecule has 1 aliphatic rings. The van der Waals surface area contributed by atoms with Gasteiger partial charge in [0.05, 0.1) is 0 Å². The van der Waals surface area contributed by atoms with E-state index in [2.05, 4.69) is 43.0 Å². The van der Waals surface area contributed by atoms with Gasteiger partial charge in [-0.1, -0.05) is 38.1 Å². The molecule has 17 heavy (non-hydrogen) atoms. The summed E-state index contributed by atoms with van der Waals surface area (Å²) in [5, 5.41) is 0. The fourth-order valence-corrected chi connectivity index (χ4v) is 2.85. The second-order valence-corrected chi connectivity index (χ2v) is 4.87. The van der Waals surface area contributed by atoms with Crippen molar-refractivity contribution >= 4 is 12.4 Å². The lowest BCUT2D eigenvalue weighted by molar-refractivity contribution is 0.202. The summed E-state index contributed by atoms with van der Waals surface area (Å²) in [5.41, 5.74) is 3.15. The zero-order valence-electron chi connectivity index (χ0n) is 11.0. The highest BCUT2D eigenvalue weighted by Gasteiger charge is 2.25. The van der Waals surface area contributed by atoms with Crippen molar-refractivity contribution in [3.63, 3.8) is 0 Å². The number of rotatable bonds is 5. The lowest BCUT2D eigenvalue weighted by Gasteiger charge is -2.27. The van der Waals surface area contributed by atoms with E-state index in [9.17, 15) is 0 Å². The SMILES string of the molecule is CCCN(CCC)C1Cc2ccccc2C1.Cl. The first-order chi connectivity index (χ1) is 7.85. The normalized spacial score (nSPS) is 14.8. The van der Waals surface area contributed by atoms with E-state index in [1.54, 1.807) is 11.1 Å². The Labute approximate surface area is 112 Å². The Bertz CT molecular complexity index is 306. The third-order valence-electron chi connectivity index (χ3n) is 3.57. The summed E-state index contributed by atoms with van der Waals surface area (Å²) in [7, 11) is 0. The fraction of sp³-hybridized carbons (Fsp3) is 0.600. The molecule has 1 aromatic carbocycles. The summed E-state index contributed by atoms with van der Waals surface area (Å²) in [6, 6.07) is 9.70. The first-order valence-corrected chi connectivity index (χ1v) is 6.66. The standard InChI is InChI=1S/C15H23N.ClH/c1-3-9-16(10-4-2)15-11-13-7-5-6-8-14(13)12-15;/h5-8,15H,3-4,9-12H2,1-2H3;1H. The molecule has 0 aliphatic heterocycles. The molecule has 1 aliphatic carbocycles. The smallest absolute Gasteiger partial charge is 0.0176 e. The number of fused-ring (bicyclic) bond motifs is 1. The molecule has 0 bridgehead atoms. The molecule has 0 atom stereocenters. The van der Waals surface area contributed by atoms with Gasteiger partial charge >= 0.3 is 0 Å². The molecule has 0 unspecified atom stereocenters. The van der Waals surface area contributed by atoms with Gasteiger partial charge in [0.1, 0.15) is 0 Å². The quantitative estimate of drug-likeness (QED) is 0.774. The van der Waals surface area contributed by atoms with Crippen LogP contribution in [0.1, 0.15) is 37.8 Å². The maximum atomic E-state index is 2.68. The van der Waals surface area contributed by atoms with Crippen molar-refractivity contribution in [3.05, 3.63) is 35.4 Å². The third kappa shape index (κ3) is 3.46. The number of nitrogens with zero attached hydrogens (tertiary/aromatic N) is 1. The van der Waals surface area contributed by atoms with Crippen LogP contribution in [0.4, 0.5) is 0 Å². The van der Waals surface area contributed by atoms with Gasteiger partial charge in [-0.2, -0.15) is 0 Å². The Kier molecular flexibility index (Phi) is 6.01. The highest BCUT2D eigenvalue weighted by Crippen LogP contribution is 2.25. The summed E-state index contributed by atoms with van der Waals surface area (Å²) < 4.78 is 0. The lowest BCUT2D eigenvalue weighted by Crippen LogP contribution is -2.37. The molecular formula is C15H24ClN. The Morgan fingerprint density at radius 1 is 1.00 bits per heavy atom. The predicted octanol–water partition coefficient (Wildman–Crippen LogP) is 3.70. The maximum absolute atomic E-state index is 2.68. The van der Waals surface area contributed by atoms with Crippen LogP contribution >= 0.6 is 12.4 Å². The van der Waals surface area contributed by atoms with E-state index in [4.69, 9.17) is 0 Å². The summed E-state index contributed by atoms with van der Waals surface area (Å²) >= 11 is 0. The van der Waals surface area contributed by atoms with Crippen LogP contribution in [0.15, 0.2) is 24.3 Å². The van der Waals surface area contributed by atoms with Gasteiger partial charge in [0.15, 0.2) is 0 Å². The van der Waals surface area contributed by atoms with E-state index in [-0.39, 0.29) is 12.4 Å². The Hall–Kier alpha value is -0.530. The molecule has 0 saturated carbocycles. The van der Waals surface area contributed by atoms with Gasteiger partial charge in [0.25, 0.3) is 0 Å². The Balaban J connectivity index is 0.00000144. The monoisotopic (exact) mass is 253 g/mol. The molecule has 0 amide bonds. The molecule has 0 fully saturated rings. The van der Waals surface area contributed by atoms with Crippen molar-refractivity contribution in [2.24, 2.45) is 0 Å². The Morgan fingerprint density at radius 3 is 1.88 bits per heavy atom. The number of halogens is 1. The van der Waals surface area contributed by atoms with Crippen LogP contribution in [0.5, 0.6) is 0 Å². The van der Waals surface area contributed by atoms with Crippen LogP contribution in [0.2, 0.25) is 0 Å². The molecule has 0 N–H and O–H groups in total. The molecule has 2 rings (SSSR count). The highest BCUT2D eigenvalue weighted by molar-refractivity contribution is 5.85. The number of benzene rings is 1. The van der Waals surface area contributed by atoms with Crippen molar-refractivity contribution in [2.75, 3.05) is 13.1 Å². The average molecular weight is 254 g/mol. The van der Waals surface area contributed by atoms with Gasteiger partial charge in [0, 0.05) is 6.04 Å². The molecule has 0 heterocycles. The number of hydrogen-bond acceptors (Lipinski definition) is 1. The summed E-state index contributed by atoms with van der Waals surface area (Å²) in [6.45, 7) is 7.08. The van der Waals surface area contributed by atoms with E-state index in [0.717, 1.165) is 6.04 Å². The van der Waals surface area contributed by atoms with E-state index in [1.807, 2.05) is 0 Å². The molecule has 1 aromatic rings. The zero-order valence-corrected chi connectivity index (χ0v) is 11.8.